The van der Waals surface area contributed by atoms with E-state index in [1.165, 1.54) is 0 Å². The summed E-state index contributed by atoms with van der Waals surface area (Å²) >= 11 is -1.13. The van der Waals surface area contributed by atoms with Crippen LogP contribution in [0.4, 0.5) is 0 Å². The summed E-state index contributed by atoms with van der Waals surface area (Å²) in [4.78, 5) is 0. The molecule has 0 aromatic rings. The first kappa shape index (κ1) is 5.40. The van der Waals surface area contributed by atoms with Gasteiger partial charge in [-0.25, -0.2) is 0 Å². The van der Waals surface area contributed by atoms with Crippen molar-refractivity contribution >= 4 is 9.42 Å². The van der Waals surface area contributed by atoms with Crippen LogP contribution in [0.25, 0.3) is 0 Å². The Morgan fingerprint density at radius 3 is 2.25 bits per heavy atom. The third-order valence-electron chi connectivity index (χ3n) is 0.0223. The molecule has 0 heterocycles. The van der Waals surface area contributed by atoms with E-state index in [9.17, 15) is 3.57 Å². The molecule has 0 saturated heterocycles. The first-order valence-electron chi connectivity index (χ1n) is 0.443. The Kier molecular flexibility index (Phi) is 5.94. The molecule has 0 fully saturated rings. The standard InChI is InChI=1S/ClH.Mo.O.Ru/h1H;;;/q;+1;;/p-1. The molecule has 0 N–H and O–H groups in total. The Labute approximate surface area is 42.0 Å². The number of hydrogen-bond acceptors (Lipinski definition) is 1. The van der Waals surface area contributed by atoms with Crippen molar-refractivity contribution < 1.29 is 32.7 Å². The average molecular weight is 248 g/mol. The quantitative estimate of drug-likeness (QED) is 0.620. The molecule has 0 bridgehead atoms. The van der Waals surface area contributed by atoms with E-state index in [4.69, 9.17) is 9.42 Å². The van der Waals surface area contributed by atoms with Crippen LogP contribution >= 0.6 is 9.42 Å². The normalized spacial score (nSPS) is 7.25. The van der Waals surface area contributed by atoms with Crippen LogP contribution in [0.5, 0.6) is 0 Å². The van der Waals surface area contributed by atoms with Gasteiger partial charge in [-0.3, -0.25) is 0 Å². The molecule has 4 heavy (non-hydrogen) atoms. The van der Waals surface area contributed by atoms with Gasteiger partial charge in [-0.15, -0.1) is 0 Å². The van der Waals surface area contributed by atoms with Gasteiger partial charge < -0.3 is 0 Å². The number of halogens is 1. The van der Waals surface area contributed by atoms with Gasteiger partial charge >= 0.3 is 42.1 Å². The first-order chi connectivity index (χ1) is 1.91. The summed E-state index contributed by atoms with van der Waals surface area (Å²) in [5.41, 5.74) is 0. The van der Waals surface area contributed by atoms with Gasteiger partial charge in [0.25, 0.3) is 0 Å². The van der Waals surface area contributed by atoms with E-state index in [2.05, 4.69) is 0 Å². The van der Waals surface area contributed by atoms with Crippen molar-refractivity contribution in [2.45, 2.75) is 0 Å². The summed E-state index contributed by atoms with van der Waals surface area (Å²) in [7, 11) is 5.04. The average Bonchev–Trinajstić information content (AvgIpc) is 1.37. The van der Waals surface area contributed by atoms with Gasteiger partial charge in [-0.2, -0.15) is 0 Å². The van der Waals surface area contributed by atoms with Gasteiger partial charge in [0.05, 0.1) is 0 Å². The van der Waals surface area contributed by atoms with Crippen molar-refractivity contribution in [2.75, 3.05) is 0 Å². The molecule has 0 unspecified atom stereocenters. The second-order valence-corrected chi connectivity index (χ2v) is 7.79. The summed E-state index contributed by atoms with van der Waals surface area (Å²) in [6.07, 6.45) is 0. The van der Waals surface area contributed by atoms with Gasteiger partial charge in [0.1, 0.15) is 0 Å². The van der Waals surface area contributed by atoms with Crippen molar-refractivity contribution in [3.8, 4) is 0 Å². The van der Waals surface area contributed by atoms with Crippen molar-refractivity contribution in [2.24, 2.45) is 0 Å². The monoisotopic (exact) mass is 251 g/mol. The van der Waals surface area contributed by atoms with E-state index in [-0.39, 0.29) is 0 Å². The van der Waals surface area contributed by atoms with Crippen LogP contribution < -0.4 is 0 Å². The van der Waals surface area contributed by atoms with E-state index in [1.807, 2.05) is 0 Å². The van der Waals surface area contributed by atoms with Crippen molar-refractivity contribution in [1.82, 2.24) is 0 Å². The van der Waals surface area contributed by atoms with Gasteiger partial charge in [-0.05, 0) is 0 Å². The number of rotatable bonds is 1. The van der Waals surface area contributed by atoms with E-state index in [1.54, 1.807) is 0 Å². The summed E-state index contributed by atoms with van der Waals surface area (Å²) in [6, 6.07) is 0. The van der Waals surface area contributed by atoms with Gasteiger partial charge in [-0.1, -0.05) is 0 Å². The Morgan fingerprint density at radius 2 is 2.25 bits per heavy atom. The summed E-state index contributed by atoms with van der Waals surface area (Å²) < 4.78 is 9.31. The van der Waals surface area contributed by atoms with Crippen LogP contribution in [0.15, 0.2) is 0 Å². The van der Waals surface area contributed by atoms with Crippen LogP contribution in [0.3, 0.4) is 0 Å². The Bertz CT molecular complexity index is 22.0. The second kappa shape index (κ2) is 4.40. The van der Waals surface area contributed by atoms with Crippen LogP contribution in [-0.2, 0) is 32.7 Å². The first-order valence-corrected chi connectivity index (χ1v) is 8.64. The molecule has 0 aromatic carbocycles. The van der Waals surface area contributed by atoms with E-state index < -0.39 is 29.1 Å². The molecule has 0 amide bonds. The molecule has 1 nitrogen and oxygen atoms in total. The molecule has 0 aromatic heterocycles. The fraction of sp³-hybridized carbons (Fsp3) is 0. The van der Waals surface area contributed by atoms with E-state index >= 15 is 0 Å². The maximum absolute atomic E-state index is 9.31. The van der Waals surface area contributed by atoms with Crippen molar-refractivity contribution in [3.63, 3.8) is 0 Å². The van der Waals surface area contributed by atoms with Crippen LogP contribution in [0.1, 0.15) is 0 Å². The maximum atomic E-state index is 9.31. The SMILES string of the molecule is [O]=[Ru][Mo][Cl]. The minimum absolute atomic E-state index is 0.512. The fourth-order valence-electron chi connectivity index (χ4n) is 0. The minimum atomic E-state index is -0.615. The predicted octanol–water partition coefficient (Wildman–Crippen LogP) is 0.566. The van der Waals surface area contributed by atoms with Crippen LogP contribution in [0, 0.1) is 0 Å². The fourth-order valence-corrected chi connectivity index (χ4v) is 0. The van der Waals surface area contributed by atoms with Crippen molar-refractivity contribution in [3.05, 3.63) is 0 Å². The van der Waals surface area contributed by atoms with Gasteiger partial charge in [0, 0.05) is 0 Å². The molecular weight excluding hydrogens is 248 g/mol. The molecule has 4 heteroatoms. The van der Waals surface area contributed by atoms with Crippen LogP contribution in [-0.4, -0.2) is 0 Å². The number of hydrogen-bond donors (Lipinski definition) is 0. The van der Waals surface area contributed by atoms with E-state index in [0.29, 0.717) is 0 Å². The molecule has 0 atom stereocenters. The molecule has 0 spiro atoms. The topological polar surface area (TPSA) is 17.1 Å². The molecular formula is ClMoORu. The Balaban J connectivity index is 2.30. The van der Waals surface area contributed by atoms with Crippen molar-refractivity contribution in [1.29, 1.82) is 0 Å². The zero-order valence-corrected chi connectivity index (χ0v) is 6.05. The predicted molar refractivity (Wildman–Crippen MR) is 6.54 cm³/mol. The van der Waals surface area contributed by atoms with Gasteiger partial charge in [0.15, 0.2) is 0 Å². The van der Waals surface area contributed by atoms with E-state index in [0.717, 1.165) is 0 Å². The Hall–Kier alpha value is 1.40. The molecule has 0 aliphatic heterocycles. The molecule has 0 aliphatic rings. The molecule has 0 radical (unpaired) electrons. The summed E-state index contributed by atoms with van der Waals surface area (Å²) in [5, 5.41) is 0. The van der Waals surface area contributed by atoms with Crippen LogP contribution in [0.2, 0.25) is 0 Å². The zero-order chi connectivity index (χ0) is 3.41. The molecule has 0 aliphatic carbocycles. The Morgan fingerprint density at radius 1 is 2.00 bits per heavy atom. The second-order valence-electron chi connectivity index (χ2n) is 0.113. The van der Waals surface area contributed by atoms with Gasteiger partial charge in [0.2, 0.25) is 0 Å². The summed E-state index contributed by atoms with van der Waals surface area (Å²) in [5.74, 6) is 0. The summed E-state index contributed by atoms with van der Waals surface area (Å²) in [6.45, 7) is 0. The third kappa shape index (κ3) is 3.40. The zero-order valence-electron chi connectivity index (χ0n) is 1.55. The third-order valence-corrected chi connectivity index (χ3v) is 2.34. The molecule has 27 valence electrons. The molecule has 0 rings (SSSR count). The molecule has 0 saturated carbocycles.